The number of Topliss-reactive ketones (excluding diaryl/α,β-unsaturated/α-hetero) is 1. The predicted molar refractivity (Wildman–Crippen MR) is 127 cm³/mol. The van der Waals surface area contributed by atoms with Crippen LogP contribution >= 0.6 is 11.8 Å². The van der Waals surface area contributed by atoms with Gasteiger partial charge in [0.1, 0.15) is 12.7 Å². The molecule has 0 unspecified atom stereocenters. The van der Waals surface area contributed by atoms with Gasteiger partial charge in [-0.15, -0.1) is 0 Å². The minimum absolute atomic E-state index is 0.0207. The second-order valence-electron chi connectivity index (χ2n) is 10.7. The maximum Gasteiger partial charge on any atom is 0.316 e. The number of ketones is 2. The third kappa shape index (κ3) is 4.17. The van der Waals surface area contributed by atoms with Gasteiger partial charge in [0.15, 0.2) is 11.6 Å². The number of carbonyl (C=O) groups is 4. The fraction of sp³-hybridized carbons (Fsp3) is 0.692. The van der Waals surface area contributed by atoms with Crippen LogP contribution in [-0.2, 0) is 28.7 Å². The first-order valence-corrected chi connectivity index (χ1v) is 13.4. The quantitative estimate of drug-likeness (QED) is 0.567. The Balaban J connectivity index is 1.67. The summed E-state index contributed by atoms with van der Waals surface area (Å²) in [6.45, 7) is 5.15. The lowest BCUT2D eigenvalue weighted by Gasteiger charge is -2.59. The normalized spacial score (nSPS) is 40.5. The van der Waals surface area contributed by atoms with Gasteiger partial charge in [0.25, 0.3) is 0 Å². The van der Waals surface area contributed by atoms with E-state index in [9.17, 15) is 24.3 Å². The van der Waals surface area contributed by atoms with Crippen molar-refractivity contribution in [2.45, 2.75) is 58.7 Å². The fourth-order valence-electron chi connectivity index (χ4n) is 7.58. The Morgan fingerprint density at radius 3 is 2.65 bits per heavy atom. The van der Waals surface area contributed by atoms with Crippen LogP contribution in [0.5, 0.6) is 0 Å². The molecule has 7 nitrogen and oxygen atoms in total. The highest BCUT2D eigenvalue weighted by molar-refractivity contribution is 7.99. The van der Waals surface area contributed by atoms with Gasteiger partial charge in [-0.05, 0) is 66.9 Å². The third-order valence-corrected chi connectivity index (χ3v) is 9.36. The van der Waals surface area contributed by atoms with E-state index < -0.39 is 29.0 Å². The number of rotatable bonds is 6. The highest BCUT2D eigenvalue weighted by Gasteiger charge is 2.64. The topological polar surface area (TPSA) is 107 Å². The van der Waals surface area contributed by atoms with E-state index in [2.05, 4.69) is 6.92 Å². The van der Waals surface area contributed by atoms with E-state index in [-0.39, 0.29) is 53.6 Å². The smallest absolute Gasteiger partial charge is 0.316 e. The Bertz CT molecular complexity index is 955. The van der Waals surface area contributed by atoms with Crippen molar-refractivity contribution in [3.05, 3.63) is 23.8 Å². The van der Waals surface area contributed by atoms with Gasteiger partial charge in [-0.3, -0.25) is 19.2 Å². The summed E-state index contributed by atoms with van der Waals surface area (Å²) in [6.07, 6.45) is 8.12. The minimum Gasteiger partial charge on any atom is -0.458 e. The first-order chi connectivity index (χ1) is 16.0. The number of hydrogen-bond acceptors (Lipinski definition) is 8. The average molecular weight is 491 g/mol. The van der Waals surface area contributed by atoms with Gasteiger partial charge in [-0.25, -0.2) is 0 Å². The highest BCUT2D eigenvalue weighted by atomic mass is 32.2. The number of esters is 2. The summed E-state index contributed by atoms with van der Waals surface area (Å²) in [5.41, 5.74) is -0.280. The number of allylic oxidation sites excluding steroid dienone is 3. The second-order valence-corrected chi connectivity index (χ2v) is 11.6. The standard InChI is InChI=1S/C26H34O7S/c1-14(27)32-12-21(30)18-6-5-17-16-10-22(33-23(31)13-34-4)19-9-15(28)7-8-25(19,2)24(16)20(29)11-26(17,18)3/h7-9,16-18,20,22,24,29H,5-6,10-13H2,1-4H3/t16-,17-,18+,20-,22-,24+,25-,26-/m0/s1. The molecule has 0 heterocycles. The molecule has 0 spiro atoms. The summed E-state index contributed by atoms with van der Waals surface area (Å²) in [4.78, 5) is 49.0. The van der Waals surface area contributed by atoms with E-state index in [1.807, 2.05) is 19.3 Å². The molecule has 4 aliphatic rings. The molecule has 1 N–H and O–H groups in total. The summed E-state index contributed by atoms with van der Waals surface area (Å²) in [5.74, 6) is -1.06. The van der Waals surface area contributed by atoms with Crippen LogP contribution in [0.2, 0.25) is 0 Å². The molecule has 186 valence electrons. The van der Waals surface area contributed by atoms with Crippen molar-refractivity contribution in [3.63, 3.8) is 0 Å². The van der Waals surface area contributed by atoms with Crippen LogP contribution in [-0.4, -0.2) is 59.4 Å². The molecule has 0 aliphatic heterocycles. The Kier molecular flexibility index (Phi) is 6.86. The van der Waals surface area contributed by atoms with Crippen molar-refractivity contribution in [2.75, 3.05) is 18.6 Å². The summed E-state index contributed by atoms with van der Waals surface area (Å²) in [7, 11) is 0. The zero-order chi connectivity index (χ0) is 24.8. The molecule has 0 aromatic rings. The highest BCUT2D eigenvalue weighted by Crippen LogP contribution is 2.66. The Hall–Kier alpha value is -1.93. The predicted octanol–water partition coefficient (Wildman–Crippen LogP) is 2.90. The van der Waals surface area contributed by atoms with Crippen LogP contribution in [0, 0.1) is 34.5 Å². The first-order valence-electron chi connectivity index (χ1n) is 12.0. The average Bonchev–Trinajstić information content (AvgIpc) is 3.09. The molecule has 0 aromatic heterocycles. The summed E-state index contributed by atoms with van der Waals surface area (Å²) < 4.78 is 10.9. The molecule has 0 radical (unpaired) electrons. The van der Waals surface area contributed by atoms with Gasteiger partial charge in [0, 0.05) is 24.2 Å². The van der Waals surface area contributed by atoms with Gasteiger partial charge in [-0.1, -0.05) is 19.9 Å². The van der Waals surface area contributed by atoms with Crippen molar-refractivity contribution < 1.29 is 33.8 Å². The maximum atomic E-state index is 13.0. The molecule has 3 fully saturated rings. The summed E-state index contributed by atoms with van der Waals surface area (Å²) >= 11 is 1.39. The van der Waals surface area contributed by atoms with Crippen molar-refractivity contribution >= 4 is 35.3 Å². The molecular weight excluding hydrogens is 456 g/mol. The fourth-order valence-corrected chi connectivity index (χ4v) is 7.88. The Morgan fingerprint density at radius 1 is 1.24 bits per heavy atom. The third-order valence-electron chi connectivity index (χ3n) is 8.83. The number of ether oxygens (including phenoxy) is 2. The number of hydrogen-bond donors (Lipinski definition) is 1. The molecule has 0 amide bonds. The molecule has 34 heavy (non-hydrogen) atoms. The van der Waals surface area contributed by atoms with Crippen LogP contribution in [0.1, 0.15) is 46.5 Å². The molecule has 0 aromatic carbocycles. The van der Waals surface area contributed by atoms with Crippen molar-refractivity contribution in [2.24, 2.45) is 34.5 Å². The van der Waals surface area contributed by atoms with Gasteiger partial charge >= 0.3 is 11.9 Å². The molecule has 3 saturated carbocycles. The number of thioether (sulfide) groups is 1. The number of fused-ring (bicyclic) bond motifs is 5. The van der Waals surface area contributed by atoms with E-state index >= 15 is 0 Å². The molecule has 4 rings (SSSR count). The molecule has 8 atom stereocenters. The molecule has 0 saturated heterocycles. The van der Waals surface area contributed by atoms with Crippen molar-refractivity contribution in [1.29, 1.82) is 0 Å². The number of aliphatic hydroxyl groups excluding tert-OH is 1. The second kappa shape index (κ2) is 9.26. The summed E-state index contributed by atoms with van der Waals surface area (Å²) in [5, 5.41) is 11.5. The molecule has 8 heteroatoms. The maximum absolute atomic E-state index is 13.0. The van der Waals surface area contributed by atoms with Crippen LogP contribution in [0.3, 0.4) is 0 Å². The van der Waals surface area contributed by atoms with Crippen LogP contribution in [0.25, 0.3) is 0 Å². The number of aliphatic hydroxyl groups is 1. The lowest BCUT2D eigenvalue weighted by molar-refractivity contribution is -0.161. The number of carbonyl (C=O) groups excluding carboxylic acids is 4. The SMILES string of the molecule is CSCC(=O)O[C@H]1C[C@@H]2[C@H]([C@@H](O)C[C@]3(C)[C@@H](C(=O)COC(C)=O)CC[C@@H]23)[C@@]2(C)C=CC(=O)C=C12. The van der Waals surface area contributed by atoms with Crippen molar-refractivity contribution in [1.82, 2.24) is 0 Å². The van der Waals surface area contributed by atoms with E-state index in [0.717, 1.165) is 12.0 Å². The van der Waals surface area contributed by atoms with Gasteiger partial charge < -0.3 is 14.6 Å². The monoisotopic (exact) mass is 490 g/mol. The van der Waals surface area contributed by atoms with Gasteiger partial charge in [-0.2, -0.15) is 11.8 Å². The Labute approximate surface area is 204 Å². The molecular formula is C26H34O7S. The molecule has 4 aliphatic carbocycles. The van der Waals surface area contributed by atoms with Crippen LogP contribution in [0.15, 0.2) is 23.8 Å². The lowest BCUT2D eigenvalue weighted by atomic mass is 9.46. The van der Waals surface area contributed by atoms with Gasteiger partial charge in [0.2, 0.25) is 0 Å². The lowest BCUT2D eigenvalue weighted by Crippen LogP contribution is -2.59. The van der Waals surface area contributed by atoms with E-state index in [0.29, 0.717) is 19.3 Å². The minimum atomic E-state index is -0.678. The van der Waals surface area contributed by atoms with Gasteiger partial charge in [0.05, 0.1) is 11.9 Å². The van der Waals surface area contributed by atoms with Crippen LogP contribution in [0.4, 0.5) is 0 Å². The van der Waals surface area contributed by atoms with E-state index in [4.69, 9.17) is 9.47 Å². The first kappa shape index (κ1) is 25.2. The largest absolute Gasteiger partial charge is 0.458 e. The molecule has 0 bridgehead atoms. The van der Waals surface area contributed by atoms with Crippen LogP contribution < -0.4 is 0 Å². The van der Waals surface area contributed by atoms with E-state index in [1.54, 1.807) is 12.2 Å². The zero-order valence-corrected chi connectivity index (χ0v) is 21.1. The zero-order valence-electron chi connectivity index (χ0n) is 20.2. The van der Waals surface area contributed by atoms with E-state index in [1.165, 1.54) is 18.7 Å². The van der Waals surface area contributed by atoms with Crippen molar-refractivity contribution in [3.8, 4) is 0 Å². The summed E-state index contributed by atoms with van der Waals surface area (Å²) in [6, 6.07) is 0. The Morgan fingerprint density at radius 2 is 1.97 bits per heavy atom.